The van der Waals surface area contributed by atoms with Crippen LogP contribution in [0.1, 0.15) is 36.0 Å². The molecule has 0 unspecified atom stereocenters. The number of alkyl halides is 2. The van der Waals surface area contributed by atoms with Crippen LogP contribution in [0.4, 0.5) is 24.8 Å². The molecule has 5 aromatic rings. The first kappa shape index (κ1) is 31.2. The fourth-order valence-corrected chi connectivity index (χ4v) is 6.59. The number of aromatic nitrogens is 3. The second-order valence-corrected chi connectivity index (χ2v) is 12.8. The first-order valence-corrected chi connectivity index (χ1v) is 16.3. The molecule has 1 atom stereocenters. The summed E-state index contributed by atoms with van der Waals surface area (Å²) in [5.41, 5.74) is 1.70. The molecule has 3 aromatic carbocycles. The summed E-state index contributed by atoms with van der Waals surface area (Å²) in [6.07, 6.45) is 2.65. The van der Waals surface area contributed by atoms with Crippen molar-refractivity contribution in [2.45, 2.75) is 38.0 Å². The number of fused-ring (bicyclic) bond motifs is 1. The van der Waals surface area contributed by atoms with Crippen molar-refractivity contribution in [1.29, 1.82) is 0 Å². The fraction of sp³-hybridized carbons (Fsp3) is 0.242. The molecule has 0 bridgehead atoms. The third kappa shape index (κ3) is 7.05. The van der Waals surface area contributed by atoms with Crippen molar-refractivity contribution in [3.8, 4) is 22.9 Å². The number of rotatable bonds is 10. The maximum atomic E-state index is 15.2. The lowest BCUT2D eigenvalue weighted by molar-refractivity contribution is 0.151. The minimum Gasteiger partial charge on any atom is -0.437 e. The highest BCUT2D eigenvalue weighted by molar-refractivity contribution is 7.91. The van der Waals surface area contributed by atoms with Gasteiger partial charge in [-0.1, -0.05) is 36.4 Å². The minimum atomic E-state index is -4.13. The maximum Gasteiger partial charge on any atom is 0.263 e. The Balaban J connectivity index is 1.30. The van der Waals surface area contributed by atoms with E-state index < -0.39 is 28.0 Å². The second-order valence-electron chi connectivity index (χ2n) is 11.0. The number of halogens is 3. The molecular weight excluding hydrogens is 617 g/mol. The zero-order valence-corrected chi connectivity index (χ0v) is 25.6. The van der Waals surface area contributed by atoms with E-state index in [0.29, 0.717) is 33.9 Å². The number of pyridine rings is 1. The van der Waals surface area contributed by atoms with Crippen LogP contribution in [-0.2, 0) is 15.8 Å². The summed E-state index contributed by atoms with van der Waals surface area (Å²) in [7, 11) is -4.13. The van der Waals surface area contributed by atoms with Gasteiger partial charge < -0.3 is 15.4 Å². The van der Waals surface area contributed by atoms with Crippen LogP contribution in [0.25, 0.3) is 22.0 Å². The largest absolute Gasteiger partial charge is 0.437 e. The van der Waals surface area contributed by atoms with Crippen molar-refractivity contribution >= 4 is 32.4 Å². The van der Waals surface area contributed by atoms with Crippen LogP contribution in [0.15, 0.2) is 79.1 Å². The van der Waals surface area contributed by atoms with E-state index >= 15 is 4.39 Å². The first-order chi connectivity index (χ1) is 22.2. The number of nitrogens with one attached hydrogen (secondary N) is 3. The highest BCUT2D eigenvalue weighted by Gasteiger charge is 2.21. The normalized spacial score (nSPS) is 15.2. The van der Waals surface area contributed by atoms with E-state index in [1.54, 1.807) is 36.7 Å². The van der Waals surface area contributed by atoms with Gasteiger partial charge in [-0.2, -0.15) is 0 Å². The summed E-state index contributed by atoms with van der Waals surface area (Å²) in [4.78, 5) is 13.5. The molecule has 3 N–H and O–H groups in total. The molecule has 1 saturated heterocycles. The van der Waals surface area contributed by atoms with E-state index in [2.05, 4.69) is 25.3 Å². The number of hydrogen-bond acceptors (Lipinski definition) is 8. The summed E-state index contributed by atoms with van der Waals surface area (Å²) in [6, 6.07) is 16.5. The number of anilines is 2. The first-order valence-electron chi connectivity index (χ1n) is 14.7. The van der Waals surface area contributed by atoms with E-state index in [9.17, 15) is 17.2 Å². The standard InChI is InChI=1S/C33H31F3N6O3S/c1-20-6-11-24-25(12-13-27(34)29(24)42-46(43,44)19-21-7-9-22(10-8-21)31(35)36)30(20)45-32-26(5-3-16-38-32)28-14-17-39-33(41-28)40-23-4-2-15-37-18-23/h3,5-14,16-17,23,31,37,42H,2,4,15,18-19H2,1H3,(H,39,40,41)/t23-/m0/s1. The average molecular weight is 649 g/mol. The lowest BCUT2D eigenvalue weighted by atomic mass is 10.0. The van der Waals surface area contributed by atoms with Crippen LogP contribution in [0, 0.1) is 12.7 Å². The summed E-state index contributed by atoms with van der Waals surface area (Å²) >= 11 is 0. The summed E-state index contributed by atoms with van der Waals surface area (Å²) in [6.45, 7) is 3.63. The summed E-state index contributed by atoms with van der Waals surface area (Å²) < 4.78 is 76.0. The summed E-state index contributed by atoms with van der Waals surface area (Å²) in [5.74, 6) is -0.223. The fourth-order valence-electron chi connectivity index (χ4n) is 5.37. The van der Waals surface area contributed by atoms with E-state index in [1.165, 1.54) is 30.3 Å². The molecule has 1 aliphatic heterocycles. The van der Waals surface area contributed by atoms with Crippen molar-refractivity contribution in [3.05, 3.63) is 102 Å². The zero-order chi connectivity index (χ0) is 32.3. The van der Waals surface area contributed by atoms with Gasteiger partial charge in [0.2, 0.25) is 21.9 Å². The Labute approximate surface area is 264 Å². The summed E-state index contributed by atoms with van der Waals surface area (Å²) in [5, 5.41) is 7.46. The van der Waals surface area contributed by atoms with Gasteiger partial charge in [-0.15, -0.1) is 0 Å². The van der Waals surface area contributed by atoms with Crippen LogP contribution < -0.4 is 20.1 Å². The smallest absolute Gasteiger partial charge is 0.263 e. The van der Waals surface area contributed by atoms with Crippen molar-refractivity contribution in [2.75, 3.05) is 23.1 Å². The van der Waals surface area contributed by atoms with Crippen LogP contribution in [0.3, 0.4) is 0 Å². The molecule has 0 amide bonds. The molecule has 0 spiro atoms. The lowest BCUT2D eigenvalue weighted by Crippen LogP contribution is -2.38. The number of ether oxygens (including phenoxy) is 1. The molecular formula is C33H31F3N6O3S. The Morgan fingerprint density at radius 2 is 1.80 bits per heavy atom. The molecule has 1 fully saturated rings. The molecule has 0 radical (unpaired) electrons. The Morgan fingerprint density at radius 3 is 2.57 bits per heavy atom. The van der Waals surface area contributed by atoms with Crippen LogP contribution in [0.2, 0.25) is 0 Å². The van der Waals surface area contributed by atoms with Gasteiger partial charge in [0.05, 0.1) is 22.7 Å². The number of hydrogen-bond donors (Lipinski definition) is 3. The molecule has 2 aromatic heterocycles. The van der Waals surface area contributed by atoms with Crippen LogP contribution in [-0.4, -0.2) is 42.5 Å². The third-order valence-corrected chi connectivity index (χ3v) is 8.90. The predicted molar refractivity (Wildman–Crippen MR) is 171 cm³/mol. The van der Waals surface area contributed by atoms with Gasteiger partial charge >= 0.3 is 0 Å². The molecule has 13 heteroatoms. The molecule has 46 heavy (non-hydrogen) atoms. The highest BCUT2D eigenvalue weighted by Crippen LogP contribution is 2.40. The van der Waals surface area contributed by atoms with E-state index in [-0.39, 0.29) is 34.1 Å². The minimum absolute atomic E-state index is 0.213. The Morgan fingerprint density at radius 1 is 1.00 bits per heavy atom. The van der Waals surface area contributed by atoms with E-state index in [0.717, 1.165) is 32.0 Å². The Kier molecular flexibility index (Phi) is 9.04. The highest BCUT2D eigenvalue weighted by atomic mass is 32.2. The number of piperidine rings is 1. The van der Waals surface area contributed by atoms with Gasteiger partial charge in [-0.05, 0) is 67.8 Å². The van der Waals surface area contributed by atoms with Crippen molar-refractivity contribution in [3.63, 3.8) is 0 Å². The topological polar surface area (TPSA) is 118 Å². The Hall–Kier alpha value is -4.75. The van der Waals surface area contributed by atoms with E-state index in [1.807, 2.05) is 13.0 Å². The monoisotopic (exact) mass is 648 g/mol. The van der Waals surface area contributed by atoms with Gasteiger partial charge in [-0.25, -0.2) is 36.5 Å². The second kappa shape index (κ2) is 13.3. The average Bonchev–Trinajstić information content (AvgIpc) is 3.04. The SMILES string of the molecule is Cc1ccc2c(NS(=O)(=O)Cc3ccc(C(F)F)cc3)c(F)ccc2c1Oc1ncccc1-c1ccnc(N[C@H]2CCCNC2)n1. The number of nitrogens with zero attached hydrogens (tertiary/aromatic N) is 3. The van der Waals surface area contributed by atoms with Gasteiger partial charge in [-0.3, -0.25) is 4.72 Å². The molecule has 3 heterocycles. The van der Waals surface area contributed by atoms with Gasteiger partial charge in [0, 0.05) is 41.3 Å². The maximum absolute atomic E-state index is 15.2. The van der Waals surface area contributed by atoms with Gasteiger partial charge in [0.25, 0.3) is 6.43 Å². The molecule has 0 saturated carbocycles. The quantitative estimate of drug-likeness (QED) is 0.149. The molecule has 238 valence electrons. The zero-order valence-electron chi connectivity index (χ0n) is 24.8. The number of sulfonamides is 1. The molecule has 6 rings (SSSR count). The number of aryl methyl sites for hydroxylation is 1. The molecule has 9 nitrogen and oxygen atoms in total. The molecule has 0 aliphatic carbocycles. The Bertz CT molecular complexity index is 1970. The van der Waals surface area contributed by atoms with Crippen LogP contribution >= 0.6 is 0 Å². The predicted octanol–water partition coefficient (Wildman–Crippen LogP) is 6.98. The third-order valence-electron chi connectivity index (χ3n) is 7.67. The van der Waals surface area contributed by atoms with Crippen molar-refractivity contribution in [1.82, 2.24) is 20.3 Å². The number of benzene rings is 3. The van der Waals surface area contributed by atoms with E-state index in [4.69, 9.17) is 9.72 Å². The van der Waals surface area contributed by atoms with Gasteiger partial charge in [0.15, 0.2) is 0 Å². The molecule has 1 aliphatic rings. The van der Waals surface area contributed by atoms with Crippen LogP contribution in [0.5, 0.6) is 11.6 Å². The van der Waals surface area contributed by atoms with Crippen molar-refractivity contribution in [2.24, 2.45) is 0 Å². The van der Waals surface area contributed by atoms with Crippen molar-refractivity contribution < 1.29 is 26.3 Å². The van der Waals surface area contributed by atoms with Gasteiger partial charge in [0.1, 0.15) is 11.6 Å². The lowest BCUT2D eigenvalue weighted by Gasteiger charge is -2.23.